The Bertz CT molecular complexity index is 1990. The van der Waals surface area contributed by atoms with Crippen molar-refractivity contribution in [1.82, 2.24) is 5.32 Å². The second kappa shape index (κ2) is 16.3. The van der Waals surface area contributed by atoms with Crippen molar-refractivity contribution in [1.29, 1.82) is 0 Å². The molecule has 1 unspecified atom stereocenters. The zero-order valence-electron chi connectivity index (χ0n) is 28.9. The first-order valence-electron chi connectivity index (χ1n) is 16.5. The third kappa shape index (κ3) is 8.63. The van der Waals surface area contributed by atoms with Crippen LogP contribution in [0.1, 0.15) is 52.0 Å². The second-order valence-corrected chi connectivity index (χ2v) is 12.2. The highest BCUT2D eigenvalue weighted by Crippen LogP contribution is 2.36. The van der Waals surface area contributed by atoms with Crippen LogP contribution in [0.2, 0.25) is 0 Å². The van der Waals surface area contributed by atoms with Crippen molar-refractivity contribution in [3.63, 3.8) is 0 Å². The minimum atomic E-state index is -0.155. The van der Waals surface area contributed by atoms with Crippen LogP contribution >= 0.6 is 0 Å². The van der Waals surface area contributed by atoms with Crippen LogP contribution in [-0.4, -0.2) is 11.7 Å². The Hall–Kier alpha value is -5.54. The molecule has 7 rings (SSSR count). The molecule has 6 aromatic carbocycles. The third-order valence-electron chi connectivity index (χ3n) is 8.48. The van der Waals surface area contributed by atoms with E-state index in [0.29, 0.717) is 0 Å². The number of aliphatic imine (C=N–C) groups is 2. The molecule has 0 radical (unpaired) electrons. The van der Waals surface area contributed by atoms with Crippen molar-refractivity contribution in [2.24, 2.45) is 9.98 Å². The molecule has 1 N–H and O–H groups in total. The highest BCUT2D eigenvalue weighted by Gasteiger charge is 2.17. The van der Waals surface area contributed by atoms with Crippen LogP contribution in [0.4, 0.5) is 0 Å². The number of nitrogens with zero attached hydrogens (tertiary/aromatic N) is 2. The maximum atomic E-state index is 4.69. The summed E-state index contributed by atoms with van der Waals surface area (Å²) in [7, 11) is 0. The lowest BCUT2D eigenvalue weighted by Crippen LogP contribution is -2.33. The molecule has 6 aromatic rings. The van der Waals surface area contributed by atoms with E-state index in [4.69, 9.17) is 4.99 Å². The molecule has 240 valence electrons. The van der Waals surface area contributed by atoms with Gasteiger partial charge in [-0.15, -0.1) is 0 Å². The largest absolute Gasteiger partial charge is 0.329 e. The molecule has 1 aliphatic heterocycles. The minimum absolute atomic E-state index is 0.155. The van der Waals surface area contributed by atoms with Crippen molar-refractivity contribution < 1.29 is 0 Å². The quantitative estimate of drug-likeness (QED) is 0.207. The van der Waals surface area contributed by atoms with E-state index >= 15 is 0 Å². The molecule has 0 fully saturated rings. The lowest BCUT2D eigenvalue weighted by Gasteiger charge is -2.20. The summed E-state index contributed by atoms with van der Waals surface area (Å²) in [6, 6.07) is 52.3. The van der Waals surface area contributed by atoms with Gasteiger partial charge in [0.1, 0.15) is 11.7 Å². The smallest absolute Gasteiger partial charge is 0.169 e. The summed E-state index contributed by atoms with van der Waals surface area (Å²) in [6.07, 6.45) is -0.155. The van der Waals surface area contributed by atoms with E-state index in [9.17, 15) is 0 Å². The molecular weight excluding hydrogens is 583 g/mol. The lowest BCUT2D eigenvalue weighted by atomic mass is 9.87. The van der Waals surface area contributed by atoms with Crippen molar-refractivity contribution >= 4 is 11.7 Å². The topological polar surface area (TPSA) is 36.8 Å². The average Bonchev–Trinajstić information content (AvgIpc) is 3.11. The normalized spacial score (nSPS) is 13.4. The number of benzene rings is 6. The molecule has 3 heteroatoms. The van der Waals surface area contributed by atoms with E-state index in [1.807, 2.05) is 73.7 Å². The van der Waals surface area contributed by atoms with E-state index in [2.05, 4.69) is 130 Å². The molecule has 0 spiro atoms. The van der Waals surface area contributed by atoms with Crippen LogP contribution in [0, 0.1) is 34.6 Å². The van der Waals surface area contributed by atoms with E-state index in [-0.39, 0.29) is 6.17 Å². The number of nitrogens with one attached hydrogen (secondary N) is 1. The van der Waals surface area contributed by atoms with E-state index in [1.165, 1.54) is 50.1 Å². The summed E-state index contributed by atoms with van der Waals surface area (Å²) >= 11 is 0. The number of hydrogen-bond acceptors (Lipinski definition) is 3. The lowest BCUT2D eigenvalue weighted by molar-refractivity contribution is 0.754. The number of hydrogen-bond donors (Lipinski definition) is 1. The SMILES string of the molecule is CC1=NC(c2ccccc2)N=C(c2ccccc2)N1.Cc1ccccc1.Cc1ccccc1-c1ccc(C)c(-c2ccccc2C)c1C. The van der Waals surface area contributed by atoms with Gasteiger partial charge in [0.2, 0.25) is 0 Å². The van der Waals surface area contributed by atoms with Crippen LogP contribution in [0.5, 0.6) is 0 Å². The van der Waals surface area contributed by atoms with Gasteiger partial charge in [-0.1, -0.05) is 157 Å². The molecule has 0 bridgehead atoms. The van der Waals surface area contributed by atoms with Gasteiger partial charge in [0.15, 0.2) is 6.17 Å². The van der Waals surface area contributed by atoms with E-state index in [0.717, 1.165) is 22.8 Å². The molecule has 0 saturated heterocycles. The third-order valence-corrected chi connectivity index (χ3v) is 8.48. The Kier molecular flexibility index (Phi) is 11.5. The van der Waals surface area contributed by atoms with Gasteiger partial charge < -0.3 is 5.32 Å². The van der Waals surface area contributed by atoms with Gasteiger partial charge in [-0.05, 0) is 91.6 Å². The second-order valence-electron chi connectivity index (χ2n) is 12.2. The molecule has 1 heterocycles. The van der Waals surface area contributed by atoms with Crippen molar-refractivity contribution in [2.75, 3.05) is 0 Å². The molecule has 1 aliphatic rings. The van der Waals surface area contributed by atoms with Gasteiger partial charge in [-0.3, -0.25) is 0 Å². The molecule has 48 heavy (non-hydrogen) atoms. The van der Waals surface area contributed by atoms with E-state index in [1.54, 1.807) is 0 Å². The monoisotopic (exact) mass is 627 g/mol. The maximum Gasteiger partial charge on any atom is 0.169 e. The summed E-state index contributed by atoms with van der Waals surface area (Å²) in [5.74, 6) is 1.77. The van der Waals surface area contributed by atoms with Gasteiger partial charge in [-0.25, -0.2) is 9.98 Å². The molecule has 0 saturated carbocycles. The fraction of sp³-hybridized carbons (Fsp3) is 0.156. The van der Waals surface area contributed by atoms with Crippen molar-refractivity contribution in [3.05, 3.63) is 191 Å². The minimum Gasteiger partial charge on any atom is -0.329 e. The van der Waals surface area contributed by atoms with Crippen molar-refractivity contribution in [2.45, 2.75) is 47.7 Å². The molecule has 0 aromatic heterocycles. The highest BCUT2D eigenvalue weighted by molar-refractivity contribution is 6.09. The Morgan fingerprint density at radius 2 is 0.958 bits per heavy atom. The zero-order valence-corrected chi connectivity index (χ0v) is 28.9. The van der Waals surface area contributed by atoms with Gasteiger partial charge in [0.25, 0.3) is 0 Å². The number of amidine groups is 2. The molecule has 3 nitrogen and oxygen atoms in total. The van der Waals surface area contributed by atoms with Crippen LogP contribution in [0.15, 0.2) is 162 Å². The predicted octanol–water partition coefficient (Wildman–Crippen LogP) is 11.4. The van der Waals surface area contributed by atoms with Crippen LogP contribution in [-0.2, 0) is 0 Å². The number of aryl methyl sites for hydroxylation is 4. The van der Waals surface area contributed by atoms with Gasteiger partial charge >= 0.3 is 0 Å². The first-order chi connectivity index (χ1) is 23.3. The van der Waals surface area contributed by atoms with Crippen LogP contribution in [0.25, 0.3) is 22.3 Å². The Morgan fingerprint density at radius 1 is 0.438 bits per heavy atom. The highest BCUT2D eigenvalue weighted by atomic mass is 15.2. The van der Waals surface area contributed by atoms with Gasteiger partial charge in [0, 0.05) is 5.56 Å². The first kappa shape index (κ1) is 33.8. The van der Waals surface area contributed by atoms with Gasteiger partial charge in [0.05, 0.1) is 0 Å². The Balaban J connectivity index is 0.000000158. The van der Waals surface area contributed by atoms with E-state index < -0.39 is 0 Å². The standard InChI is InChI=1S/C22H22.C16H15N3.C7H8/c1-15-9-5-7-11-19(15)21-14-13-17(3)22(18(21)4)20-12-8-6-10-16(20)2;1-12-17-15(13-8-4-2-5-9-13)19-16(18-12)14-10-6-3-7-11-14;1-7-5-3-2-4-6-7/h5-14H,1-4H3;2-11,15H,1H3,(H,17,18,19);2-6H,1H3. The Morgan fingerprint density at radius 3 is 1.52 bits per heavy atom. The first-order valence-corrected chi connectivity index (χ1v) is 16.5. The predicted molar refractivity (Wildman–Crippen MR) is 206 cm³/mol. The zero-order chi connectivity index (χ0) is 33.9. The summed E-state index contributed by atoms with van der Waals surface area (Å²) in [5, 5.41) is 3.23. The Labute approximate surface area is 286 Å². The fourth-order valence-corrected chi connectivity index (χ4v) is 5.90. The molecule has 0 amide bonds. The molecular formula is C45H45N3. The van der Waals surface area contributed by atoms with Gasteiger partial charge in [-0.2, -0.15) is 0 Å². The van der Waals surface area contributed by atoms with Crippen molar-refractivity contribution in [3.8, 4) is 22.3 Å². The molecule has 1 atom stereocenters. The molecule has 0 aliphatic carbocycles. The summed E-state index contributed by atoms with van der Waals surface area (Å²) in [6.45, 7) is 12.9. The fourth-order valence-electron chi connectivity index (χ4n) is 5.90. The average molecular weight is 628 g/mol. The number of rotatable bonds is 4. The summed E-state index contributed by atoms with van der Waals surface area (Å²) < 4.78 is 0. The van der Waals surface area contributed by atoms with Crippen LogP contribution < -0.4 is 5.32 Å². The maximum absolute atomic E-state index is 4.69. The summed E-state index contributed by atoms with van der Waals surface area (Å²) in [4.78, 5) is 9.24. The summed E-state index contributed by atoms with van der Waals surface area (Å²) in [5.41, 5.74) is 14.2. The van der Waals surface area contributed by atoms with Crippen LogP contribution in [0.3, 0.4) is 0 Å².